The van der Waals surface area contributed by atoms with Gasteiger partial charge in [0, 0.05) is 18.8 Å². The molecule has 30 heavy (non-hydrogen) atoms. The largest absolute Gasteiger partial charge is 0.484 e. The molecule has 0 radical (unpaired) electrons. The number of esters is 1. The molecule has 1 saturated heterocycles. The second-order valence-corrected chi connectivity index (χ2v) is 8.66. The lowest BCUT2D eigenvalue weighted by atomic mass is 10.2. The fourth-order valence-electron chi connectivity index (χ4n) is 3.04. The van der Waals surface area contributed by atoms with Crippen LogP contribution in [0, 0.1) is 0 Å². The summed E-state index contributed by atoms with van der Waals surface area (Å²) in [6.45, 7) is 2.87. The minimum atomic E-state index is -3.48. The van der Waals surface area contributed by atoms with E-state index in [1.165, 1.54) is 28.6 Å². The highest BCUT2D eigenvalue weighted by Gasteiger charge is 2.26. The molecular formula is C21H24N2O6S. The summed E-state index contributed by atoms with van der Waals surface area (Å²) in [5, 5.41) is 2.66. The standard InChI is InChI=1S/C21H24N2O6S/c1-2-28-21(25)16-5-7-17(8-6-16)22-20(24)15-29-18-9-11-19(12-10-18)30(26,27)23-13-3-4-14-23/h5-12H,2-4,13-15H2,1H3,(H,22,24). The van der Waals surface area contributed by atoms with Gasteiger partial charge in [-0.1, -0.05) is 0 Å². The molecule has 1 aliphatic rings. The van der Waals surface area contributed by atoms with Gasteiger partial charge in [0.1, 0.15) is 5.75 Å². The van der Waals surface area contributed by atoms with Crippen LogP contribution < -0.4 is 10.1 Å². The highest BCUT2D eigenvalue weighted by molar-refractivity contribution is 7.89. The van der Waals surface area contributed by atoms with Crippen LogP contribution in [0.4, 0.5) is 5.69 Å². The highest BCUT2D eigenvalue weighted by atomic mass is 32.2. The van der Waals surface area contributed by atoms with Crippen molar-refractivity contribution in [3.05, 3.63) is 54.1 Å². The number of benzene rings is 2. The molecule has 0 aromatic heterocycles. The predicted molar refractivity (Wildman–Crippen MR) is 111 cm³/mol. The molecule has 1 fully saturated rings. The number of anilines is 1. The lowest BCUT2D eigenvalue weighted by molar-refractivity contribution is -0.118. The van der Waals surface area contributed by atoms with Crippen molar-refractivity contribution in [3.63, 3.8) is 0 Å². The molecule has 9 heteroatoms. The first-order valence-electron chi connectivity index (χ1n) is 9.70. The summed E-state index contributed by atoms with van der Waals surface area (Å²) in [6.07, 6.45) is 1.75. The monoisotopic (exact) mass is 432 g/mol. The Hall–Kier alpha value is -2.91. The van der Waals surface area contributed by atoms with Gasteiger partial charge in [-0.15, -0.1) is 0 Å². The summed E-state index contributed by atoms with van der Waals surface area (Å²) >= 11 is 0. The zero-order valence-electron chi connectivity index (χ0n) is 16.7. The molecule has 1 heterocycles. The summed E-state index contributed by atoms with van der Waals surface area (Å²) in [4.78, 5) is 23.9. The van der Waals surface area contributed by atoms with Crippen LogP contribution >= 0.6 is 0 Å². The van der Waals surface area contributed by atoms with Crippen molar-refractivity contribution in [3.8, 4) is 5.75 Å². The number of carbonyl (C=O) groups is 2. The molecule has 8 nitrogen and oxygen atoms in total. The van der Waals surface area contributed by atoms with Gasteiger partial charge in [0.25, 0.3) is 5.91 Å². The molecule has 0 spiro atoms. The topological polar surface area (TPSA) is 102 Å². The maximum atomic E-state index is 12.5. The van der Waals surface area contributed by atoms with E-state index in [0.29, 0.717) is 36.7 Å². The van der Waals surface area contributed by atoms with E-state index < -0.39 is 16.0 Å². The van der Waals surface area contributed by atoms with Crippen molar-refractivity contribution in [2.24, 2.45) is 0 Å². The second-order valence-electron chi connectivity index (χ2n) is 6.72. The smallest absolute Gasteiger partial charge is 0.338 e. The molecular weight excluding hydrogens is 408 g/mol. The van der Waals surface area contributed by atoms with Crippen molar-refractivity contribution < 1.29 is 27.5 Å². The number of hydrogen-bond donors (Lipinski definition) is 1. The second kappa shape index (κ2) is 9.73. The van der Waals surface area contributed by atoms with Gasteiger partial charge < -0.3 is 14.8 Å². The van der Waals surface area contributed by atoms with Gasteiger partial charge in [0.05, 0.1) is 17.1 Å². The maximum absolute atomic E-state index is 12.5. The first-order valence-corrected chi connectivity index (χ1v) is 11.1. The van der Waals surface area contributed by atoms with E-state index in [-0.39, 0.29) is 17.4 Å². The number of amides is 1. The van der Waals surface area contributed by atoms with Gasteiger partial charge in [-0.05, 0) is 68.3 Å². The molecule has 3 rings (SSSR count). The van der Waals surface area contributed by atoms with Crippen molar-refractivity contribution in [1.29, 1.82) is 0 Å². The van der Waals surface area contributed by atoms with Gasteiger partial charge in [0.2, 0.25) is 10.0 Å². The zero-order chi connectivity index (χ0) is 21.6. The van der Waals surface area contributed by atoms with Crippen LogP contribution in [-0.2, 0) is 19.6 Å². The van der Waals surface area contributed by atoms with Crippen LogP contribution in [-0.4, -0.2) is 50.9 Å². The zero-order valence-corrected chi connectivity index (χ0v) is 17.5. The first kappa shape index (κ1) is 21.8. The van der Waals surface area contributed by atoms with Gasteiger partial charge in [-0.2, -0.15) is 4.31 Å². The van der Waals surface area contributed by atoms with Crippen LogP contribution in [0.25, 0.3) is 0 Å². The van der Waals surface area contributed by atoms with E-state index in [9.17, 15) is 18.0 Å². The summed E-state index contributed by atoms with van der Waals surface area (Å²) in [7, 11) is -3.48. The summed E-state index contributed by atoms with van der Waals surface area (Å²) < 4.78 is 36.8. The molecule has 1 N–H and O–H groups in total. The van der Waals surface area contributed by atoms with E-state index in [0.717, 1.165) is 12.8 Å². The number of ether oxygens (including phenoxy) is 2. The quantitative estimate of drug-likeness (QED) is 0.644. The van der Waals surface area contributed by atoms with Gasteiger partial charge in [-0.25, -0.2) is 13.2 Å². The van der Waals surface area contributed by atoms with E-state index >= 15 is 0 Å². The van der Waals surface area contributed by atoms with Crippen LogP contribution in [0.1, 0.15) is 30.1 Å². The Labute approximate surface area is 175 Å². The molecule has 1 aliphatic heterocycles. The average Bonchev–Trinajstić information content (AvgIpc) is 3.29. The van der Waals surface area contributed by atoms with Gasteiger partial charge >= 0.3 is 5.97 Å². The maximum Gasteiger partial charge on any atom is 0.338 e. The van der Waals surface area contributed by atoms with E-state index in [1.54, 1.807) is 31.2 Å². The molecule has 2 aromatic carbocycles. The third kappa shape index (κ3) is 5.37. The summed E-state index contributed by atoms with van der Waals surface area (Å²) in [5.74, 6) is -0.412. The number of rotatable bonds is 8. The Morgan fingerprint density at radius 2 is 1.63 bits per heavy atom. The van der Waals surface area contributed by atoms with Gasteiger partial charge in [0.15, 0.2) is 6.61 Å². The fraction of sp³-hybridized carbons (Fsp3) is 0.333. The Kier molecular flexibility index (Phi) is 7.07. The van der Waals surface area contributed by atoms with Crippen LogP contribution in [0.15, 0.2) is 53.4 Å². The normalized spacial score (nSPS) is 14.3. The van der Waals surface area contributed by atoms with Crippen LogP contribution in [0.2, 0.25) is 0 Å². The van der Waals surface area contributed by atoms with Crippen molar-refractivity contribution in [2.45, 2.75) is 24.7 Å². The van der Waals surface area contributed by atoms with E-state index in [4.69, 9.17) is 9.47 Å². The number of sulfonamides is 1. The lowest BCUT2D eigenvalue weighted by Gasteiger charge is -2.15. The molecule has 2 aromatic rings. The predicted octanol–water partition coefficient (Wildman–Crippen LogP) is 2.67. The van der Waals surface area contributed by atoms with Crippen LogP contribution in [0.5, 0.6) is 5.75 Å². The average molecular weight is 432 g/mol. The number of nitrogens with one attached hydrogen (secondary N) is 1. The fourth-order valence-corrected chi connectivity index (χ4v) is 4.55. The number of carbonyl (C=O) groups excluding carboxylic acids is 2. The third-order valence-electron chi connectivity index (χ3n) is 4.58. The number of nitrogens with zero attached hydrogens (tertiary/aromatic N) is 1. The first-order chi connectivity index (χ1) is 14.4. The molecule has 0 saturated carbocycles. The van der Waals surface area contributed by atoms with Crippen molar-refractivity contribution in [1.82, 2.24) is 4.31 Å². The number of hydrogen-bond acceptors (Lipinski definition) is 6. The van der Waals surface area contributed by atoms with Gasteiger partial charge in [-0.3, -0.25) is 4.79 Å². The SMILES string of the molecule is CCOC(=O)c1ccc(NC(=O)COc2ccc(S(=O)(=O)N3CCCC3)cc2)cc1. The Morgan fingerprint density at radius 1 is 1.00 bits per heavy atom. The third-order valence-corrected chi connectivity index (χ3v) is 6.49. The summed E-state index contributed by atoms with van der Waals surface area (Å²) in [6, 6.07) is 12.4. The Morgan fingerprint density at radius 3 is 2.23 bits per heavy atom. The van der Waals surface area contributed by atoms with Crippen molar-refractivity contribution in [2.75, 3.05) is 31.6 Å². The minimum Gasteiger partial charge on any atom is -0.484 e. The molecule has 160 valence electrons. The molecule has 0 aliphatic carbocycles. The highest BCUT2D eigenvalue weighted by Crippen LogP contribution is 2.23. The van der Waals surface area contributed by atoms with E-state index in [2.05, 4.69) is 5.32 Å². The Balaban J connectivity index is 1.51. The summed E-state index contributed by atoms with van der Waals surface area (Å²) in [5.41, 5.74) is 0.916. The molecule has 1 amide bonds. The lowest BCUT2D eigenvalue weighted by Crippen LogP contribution is -2.27. The van der Waals surface area contributed by atoms with Crippen molar-refractivity contribution >= 4 is 27.6 Å². The molecule has 0 bridgehead atoms. The molecule has 0 unspecified atom stereocenters. The van der Waals surface area contributed by atoms with E-state index in [1.807, 2.05) is 0 Å². The Bertz CT molecular complexity index is 981. The molecule has 0 atom stereocenters. The minimum absolute atomic E-state index is 0.211. The van der Waals surface area contributed by atoms with Crippen LogP contribution in [0.3, 0.4) is 0 Å².